The van der Waals surface area contributed by atoms with Crippen LogP contribution in [-0.2, 0) is 0 Å². The summed E-state index contributed by atoms with van der Waals surface area (Å²) in [4.78, 5) is 2.32. The van der Waals surface area contributed by atoms with Crippen LogP contribution in [0.2, 0.25) is 0 Å². The lowest BCUT2D eigenvalue weighted by molar-refractivity contribution is 1.30. The lowest BCUT2D eigenvalue weighted by Crippen LogP contribution is -2.12. The van der Waals surface area contributed by atoms with Gasteiger partial charge >= 0.3 is 0 Å². The van der Waals surface area contributed by atoms with Crippen LogP contribution in [0.4, 0.5) is 17.1 Å². The van der Waals surface area contributed by atoms with E-state index in [9.17, 15) is 0 Å². The Morgan fingerprint density at radius 1 is 0.441 bits per heavy atom. The minimum absolute atomic E-state index is 0.756. The van der Waals surface area contributed by atoms with Crippen molar-refractivity contribution in [3.63, 3.8) is 0 Å². The summed E-state index contributed by atoms with van der Waals surface area (Å²) in [6.07, 6.45) is 0. The van der Waals surface area contributed by atoms with Gasteiger partial charge in [0.15, 0.2) is 0 Å². The Morgan fingerprint density at radius 3 is 1.68 bits per heavy atom. The van der Waals surface area contributed by atoms with Crippen molar-refractivity contribution in [2.24, 2.45) is 0 Å². The molecule has 0 bridgehead atoms. The van der Waals surface area contributed by atoms with Gasteiger partial charge in [-0.1, -0.05) is 109 Å². The van der Waals surface area contributed by atoms with E-state index in [4.69, 9.17) is 7.85 Å². The van der Waals surface area contributed by atoms with Gasteiger partial charge in [-0.25, -0.2) is 0 Å². The maximum absolute atomic E-state index is 6.03. The zero-order chi connectivity index (χ0) is 22.9. The predicted octanol–water partition coefficient (Wildman–Crippen LogP) is 7.92. The molecule has 0 spiro atoms. The summed E-state index contributed by atoms with van der Waals surface area (Å²) in [5.74, 6) is 0. The highest BCUT2D eigenvalue weighted by Gasteiger charge is 2.17. The van der Waals surface area contributed by atoms with E-state index in [0.29, 0.717) is 0 Å². The normalized spacial score (nSPS) is 11.1. The van der Waals surface area contributed by atoms with Crippen LogP contribution >= 0.6 is 0 Å². The van der Waals surface area contributed by atoms with E-state index >= 15 is 0 Å². The lowest BCUT2D eigenvalue weighted by atomic mass is 9.95. The number of benzene rings is 6. The highest BCUT2D eigenvalue weighted by Crippen LogP contribution is 2.42. The van der Waals surface area contributed by atoms with Gasteiger partial charge in [-0.05, 0) is 57.6 Å². The molecule has 0 atom stereocenters. The summed E-state index contributed by atoms with van der Waals surface area (Å²) in [6.45, 7) is 0. The maximum Gasteiger partial charge on any atom is 0.113 e. The van der Waals surface area contributed by atoms with Crippen molar-refractivity contribution < 1.29 is 0 Å². The molecule has 2 radical (unpaired) electrons. The Labute approximate surface area is 201 Å². The second-order valence-corrected chi connectivity index (χ2v) is 8.50. The molecule has 2 heteroatoms. The largest absolute Gasteiger partial charge is 0.310 e. The second kappa shape index (κ2) is 8.57. The molecule has 0 aliphatic rings. The molecular weight excluding hydrogens is 409 g/mol. The minimum Gasteiger partial charge on any atom is -0.310 e. The van der Waals surface area contributed by atoms with Gasteiger partial charge in [-0.2, -0.15) is 0 Å². The fraction of sp³-hybridized carbons (Fsp3) is 0. The third-order valence-electron chi connectivity index (χ3n) is 6.37. The highest BCUT2D eigenvalue weighted by atomic mass is 15.1. The Morgan fingerprint density at radius 2 is 0.971 bits per heavy atom. The minimum atomic E-state index is 0.756. The average Bonchev–Trinajstić information content (AvgIpc) is 2.91. The van der Waals surface area contributed by atoms with Gasteiger partial charge in [-0.15, -0.1) is 0 Å². The molecule has 0 saturated carbocycles. The zero-order valence-electron chi connectivity index (χ0n) is 18.7. The van der Waals surface area contributed by atoms with Crippen LogP contribution in [0.5, 0.6) is 0 Å². The fourth-order valence-corrected chi connectivity index (χ4v) is 4.70. The highest BCUT2D eigenvalue weighted by molar-refractivity contribution is 6.32. The molecule has 6 rings (SSSR count). The third kappa shape index (κ3) is 3.64. The first-order valence-corrected chi connectivity index (χ1v) is 11.5. The predicted molar refractivity (Wildman–Crippen MR) is 147 cm³/mol. The summed E-state index contributed by atoms with van der Waals surface area (Å²) in [5.41, 5.74) is 6.49. The van der Waals surface area contributed by atoms with Crippen molar-refractivity contribution in [1.82, 2.24) is 0 Å². The summed E-state index contributed by atoms with van der Waals surface area (Å²) in [6, 6.07) is 46.9. The van der Waals surface area contributed by atoms with Gasteiger partial charge in [0.1, 0.15) is 7.85 Å². The van der Waals surface area contributed by atoms with Crippen LogP contribution in [0, 0.1) is 0 Å². The molecule has 1 nitrogen and oxygen atoms in total. The van der Waals surface area contributed by atoms with Crippen molar-refractivity contribution in [2.75, 3.05) is 4.90 Å². The third-order valence-corrected chi connectivity index (χ3v) is 6.37. The topological polar surface area (TPSA) is 3.24 Å². The smallest absolute Gasteiger partial charge is 0.113 e. The van der Waals surface area contributed by atoms with Crippen LogP contribution < -0.4 is 10.4 Å². The summed E-state index contributed by atoms with van der Waals surface area (Å²) in [7, 11) is 6.03. The van der Waals surface area contributed by atoms with Crippen LogP contribution in [0.15, 0.2) is 133 Å². The first-order valence-electron chi connectivity index (χ1n) is 11.5. The van der Waals surface area contributed by atoms with Gasteiger partial charge in [0.2, 0.25) is 0 Å². The average molecular weight is 431 g/mol. The van der Waals surface area contributed by atoms with E-state index in [1.54, 1.807) is 0 Å². The van der Waals surface area contributed by atoms with E-state index in [1.807, 2.05) is 18.2 Å². The van der Waals surface area contributed by atoms with Crippen LogP contribution in [0.1, 0.15) is 0 Å². The van der Waals surface area contributed by atoms with E-state index < -0.39 is 0 Å². The zero-order valence-corrected chi connectivity index (χ0v) is 18.7. The molecule has 0 aliphatic heterocycles. The number of nitrogens with zero attached hydrogens (tertiary/aromatic N) is 1. The Kier molecular flexibility index (Phi) is 5.12. The van der Waals surface area contributed by atoms with Gasteiger partial charge in [0, 0.05) is 16.8 Å². The molecule has 0 aliphatic carbocycles. The molecule has 0 aromatic heterocycles. The summed E-state index contributed by atoms with van der Waals surface area (Å²) < 4.78 is 0. The van der Waals surface area contributed by atoms with Crippen molar-refractivity contribution in [2.45, 2.75) is 0 Å². The van der Waals surface area contributed by atoms with Crippen LogP contribution in [0.3, 0.4) is 0 Å². The first kappa shape index (κ1) is 20.3. The molecular formula is C32H22BN. The Balaban J connectivity index is 1.58. The monoisotopic (exact) mass is 431 g/mol. The van der Waals surface area contributed by atoms with Crippen molar-refractivity contribution in [3.05, 3.63) is 133 Å². The molecule has 0 N–H and O–H groups in total. The SMILES string of the molecule is [B]c1ccc(N(c2ccc(-c3ccccc3)cc2)c2cc3ccccc3c3ccccc23)cc1. The summed E-state index contributed by atoms with van der Waals surface area (Å²) >= 11 is 0. The molecule has 34 heavy (non-hydrogen) atoms. The van der Waals surface area contributed by atoms with Crippen LogP contribution in [0.25, 0.3) is 32.7 Å². The first-order chi connectivity index (χ1) is 16.8. The Bertz CT molecular complexity index is 1590. The van der Waals surface area contributed by atoms with Crippen molar-refractivity contribution in [1.29, 1.82) is 0 Å². The van der Waals surface area contributed by atoms with Crippen molar-refractivity contribution >= 4 is 51.9 Å². The number of anilines is 3. The molecule has 6 aromatic carbocycles. The fourth-order valence-electron chi connectivity index (χ4n) is 4.70. The van der Waals surface area contributed by atoms with Crippen molar-refractivity contribution in [3.8, 4) is 11.1 Å². The molecule has 0 heterocycles. The second-order valence-electron chi connectivity index (χ2n) is 8.50. The molecule has 0 amide bonds. The van der Waals surface area contributed by atoms with E-state index in [1.165, 1.54) is 32.7 Å². The number of fused-ring (bicyclic) bond motifs is 3. The van der Waals surface area contributed by atoms with E-state index in [-0.39, 0.29) is 0 Å². The molecule has 6 aromatic rings. The number of hydrogen-bond donors (Lipinski definition) is 0. The molecule has 0 saturated heterocycles. The summed E-state index contributed by atoms with van der Waals surface area (Å²) in [5, 5.41) is 4.94. The van der Waals surface area contributed by atoms with Gasteiger partial charge in [0.05, 0.1) is 5.69 Å². The molecule has 158 valence electrons. The number of hydrogen-bond acceptors (Lipinski definition) is 1. The van der Waals surface area contributed by atoms with E-state index in [0.717, 1.165) is 22.5 Å². The number of rotatable bonds is 4. The molecule has 0 fully saturated rings. The standard InChI is InChI=1S/C32H22BN/c33-26-16-20-28(21-17-26)34(27-18-14-24(15-19-27)23-8-2-1-3-9-23)32-22-25-10-4-5-11-29(25)30-12-6-7-13-31(30)32/h1-22H. The van der Waals surface area contributed by atoms with Gasteiger partial charge in [0.25, 0.3) is 0 Å². The quantitative estimate of drug-likeness (QED) is 0.202. The Hall–Kier alpha value is -4.30. The van der Waals surface area contributed by atoms with E-state index in [2.05, 4.69) is 120 Å². The maximum atomic E-state index is 6.03. The molecule has 0 unspecified atom stereocenters. The van der Waals surface area contributed by atoms with Gasteiger partial charge < -0.3 is 4.90 Å². The lowest BCUT2D eigenvalue weighted by Gasteiger charge is -2.28. The van der Waals surface area contributed by atoms with Gasteiger partial charge in [-0.3, -0.25) is 0 Å². The van der Waals surface area contributed by atoms with Crippen LogP contribution in [-0.4, -0.2) is 7.85 Å².